The summed E-state index contributed by atoms with van der Waals surface area (Å²) >= 11 is 1.66. The SMILES string of the molecule is COc1cc(/C=C/C(=O)NCCc2nc3ccccc3s2)cc2c1OCCO2. The lowest BCUT2D eigenvalue weighted by Gasteiger charge is -2.20. The van der Waals surface area contributed by atoms with E-state index < -0.39 is 0 Å². The van der Waals surface area contributed by atoms with E-state index >= 15 is 0 Å². The van der Waals surface area contributed by atoms with Crippen molar-refractivity contribution in [3.63, 3.8) is 0 Å². The average molecular weight is 396 g/mol. The Labute approximate surface area is 166 Å². The van der Waals surface area contributed by atoms with Gasteiger partial charge in [0.2, 0.25) is 11.7 Å². The van der Waals surface area contributed by atoms with Crippen molar-refractivity contribution in [2.45, 2.75) is 6.42 Å². The zero-order valence-corrected chi connectivity index (χ0v) is 16.3. The van der Waals surface area contributed by atoms with Gasteiger partial charge in [-0.25, -0.2) is 4.98 Å². The first kappa shape index (κ1) is 18.3. The van der Waals surface area contributed by atoms with E-state index in [-0.39, 0.29) is 5.91 Å². The molecule has 7 heteroatoms. The molecule has 1 aliphatic rings. The maximum absolute atomic E-state index is 12.1. The van der Waals surface area contributed by atoms with Crippen molar-refractivity contribution in [3.05, 3.63) is 53.0 Å². The summed E-state index contributed by atoms with van der Waals surface area (Å²) in [4.78, 5) is 16.7. The number of fused-ring (bicyclic) bond motifs is 2. The number of aromatic nitrogens is 1. The summed E-state index contributed by atoms with van der Waals surface area (Å²) in [6.45, 7) is 1.53. The summed E-state index contributed by atoms with van der Waals surface area (Å²) in [5, 5.41) is 3.91. The molecule has 0 saturated carbocycles. The highest BCUT2D eigenvalue weighted by molar-refractivity contribution is 7.18. The average Bonchev–Trinajstić information content (AvgIpc) is 3.14. The smallest absolute Gasteiger partial charge is 0.244 e. The van der Waals surface area contributed by atoms with Gasteiger partial charge in [-0.05, 0) is 35.9 Å². The largest absolute Gasteiger partial charge is 0.493 e. The fraction of sp³-hybridized carbons (Fsp3) is 0.238. The monoisotopic (exact) mass is 396 g/mol. The van der Waals surface area contributed by atoms with E-state index in [0.29, 0.717) is 43.4 Å². The lowest BCUT2D eigenvalue weighted by atomic mass is 10.1. The van der Waals surface area contributed by atoms with Crippen molar-refractivity contribution in [3.8, 4) is 17.2 Å². The summed E-state index contributed by atoms with van der Waals surface area (Å²) in [6.07, 6.45) is 3.94. The number of para-hydroxylation sites is 1. The van der Waals surface area contributed by atoms with Crippen LogP contribution in [0.25, 0.3) is 16.3 Å². The molecule has 0 radical (unpaired) electrons. The van der Waals surface area contributed by atoms with Crippen molar-refractivity contribution in [2.24, 2.45) is 0 Å². The molecule has 144 valence electrons. The van der Waals surface area contributed by atoms with Crippen LogP contribution in [0, 0.1) is 0 Å². The number of hydrogen-bond acceptors (Lipinski definition) is 6. The zero-order chi connectivity index (χ0) is 19.3. The second-order valence-electron chi connectivity index (χ2n) is 6.20. The minimum atomic E-state index is -0.157. The number of nitrogens with one attached hydrogen (secondary N) is 1. The summed E-state index contributed by atoms with van der Waals surface area (Å²) in [7, 11) is 1.58. The molecular formula is C21H20N2O4S. The molecule has 1 amide bonds. The number of methoxy groups -OCH3 is 1. The second-order valence-corrected chi connectivity index (χ2v) is 7.31. The highest BCUT2D eigenvalue weighted by Gasteiger charge is 2.17. The maximum Gasteiger partial charge on any atom is 0.244 e. The molecule has 0 aliphatic carbocycles. The number of carbonyl (C=O) groups excluding carboxylic acids is 1. The molecule has 0 saturated heterocycles. The molecule has 0 spiro atoms. The second kappa shape index (κ2) is 8.31. The van der Waals surface area contributed by atoms with E-state index in [4.69, 9.17) is 14.2 Å². The molecule has 1 aliphatic heterocycles. The summed E-state index contributed by atoms with van der Waals surface area (Å²) in [6, 6.07) is 11.7. The van der Waals surface area contributed by atoms with Gasteiger partial charge in [-0.3, -0.25) is 4.79 Å². The first-order valence-corrected chi connectivity index (χ1v) is 9.82. The van der Waals surface area contributed by atoms with E-state index in [9.17, 15) is 4.79 Å². The third-order valence-corrected chi connectivity index (χ3v) is 5.35. The van der Waals surface area contributed by atoms with Crippen molar-refractivity contribution >= 4 is 33.5 Å². The molecule has 1 N–H and O–H groups in total. The Morgan fingerprint density at radius 2 is 2.14 bits per heavy atom. The fourth-order valence-corrected chi connectivity index (χ4v) is 3.91. The molecule has 2 heterocycles. The molecule has 0 unspecified atom stereocenters. The molecule has 6 nitrogen and oxygen atoms in total. The van der Waals surface area contributed by atoms with Crippen LogP contribution in [-0.2, 0) is 11.2 Å². The van der Waals surface area contributed by atoms with Crippen molar-refractivity contribution < 1.29 is 19.0 Å². The van der Waals surface area contributed by atoms with Crippen molar-refractivity contribution in [1.29, 1.82) is 0 Å². The van der Waals surface area contributed by atoms with Crippen LogP contribution in [-0.4, -0.2) is 37.8 Å². The number of carbonyl (C=O) groups is 1. The Balaban J connectivity index is 1.35. The normalized spacial score (nSPS) is 13.0. The third-order valence-electron chi connectivity index (χ3n) is 4.25. The number of ether oxygens (including phenoxy) is 3. The molecule has 3 aromatic rings. The Bertz CT molecular complexity index is 978. The first-order valence-electron chi connectivity index (χ1n) is 9.01. The van der Waals surface area contributed by atoms with Crippen LogP contribution in [0.15, 0.2) is 42.5 Å². The molecule has 0 bridgehead atoms. The Kier molecular flexibility index (Phi) is 5.43. The van der Waals surface area contributed by atoms with Gasteiger partial charge in [0.25, 0.3) is 0 Å². The number of amides is 1. The third kappa shape index (κ3) is 4.09. The number of thiazole rings is 1. The fourth-order valence-electron chi connectivity index (χ4n) is 2.94. The van der Waals surface area contributed by atoms with Gasteiger partial charge in [0, 0.05) is 19.0 Å². The van der Waals surface area contributed by atoms with Gasteiger partial charge < -0.3 is 19.5 Å². The molecule has 4 rings (SSSR count). The Hall–Kier alpha value is -3.06. The number of hydrogen-bond donors (Lipinski definition) is 1. The Morgan fingerprint density at radius 1 is 1.29 bits per heavy atom. The first-order chi connectivity index (χ1) is 13.7. The number of nitrogens with zero attached hydrogens (tertiary/aromatic N) is 1. The van der Waals surface area contributed by atoms with Crippen LogP contribution >= 0.6 is 11.3 Å². The Morgan fingerprint density at radius 3 is 3.00 bits per heavy atom. The van der Waals surface area contributed by atoms with E-state index in [0.717, 1.165) is 20.8 Å². The van der Waals surface area contributed by atoms with Crippen LogP contribution in [0.1, 0.15) is 10.6 Å². The minimum absolute atomic E-state index is 0.157. The van der Waals surface area contributed by atoms with Gasteiger partial charge >= 0.3 is 0 Å². The lowest BCUT2D eigenvalue weighted by Crippen LogP contribution is -2.23. The van der Waals surface area contributed by atoms with Gasteiger partial charge in [0.1, 0.15) is 13.2 Å². The topological polar surface area (TPSA) is 69.7 Å². The zero-order valence-electron chi connectivity index (χ0n) is 15.4. The van der Waals surface area contributed by atoms with Gasteiger partial charge in [0.05, 0.1) is 22.3 Å². The molecule has 28 heavy (non-hydrogen) atoms. The highest BCUT2D eigenvalue weighted by atomic mass is 32.1. The van der Waals surface area contributed by atoms with Crippen LogP contribution in [0.5, 0.6) is 17.2 Å². The number of rotatable bonds is 6. The molecule has 2 aromatic carbocycles. The van der Waals surface area contributed by atoms with Crippen LogP contribution < -0.4 is 19.5 Å². The predicted molar refractivity (Wildman–Crippen MR) is 109 cm³/mol. The summed E-state index contributed by atoms with van der Waals surface area (Å²) in [5.74, 6) is 1.66. The van der Waals surface area contributed by atoms with E-state index in [1.54, 1.807) is 24.5 Å². The molecule has 0 fully saturated rings. The van der Waals surface area contributed by atoms with Crippen molar-refractivity contribution in [1.82, 2.24) is 10.3 Å². The quantitative estimate of drug-likeness (QED) is 0.647. The molecular weight excluding hydrogens is 376 g/mol. The maximum atomic E-state index is 12.1. The number of benzene rings is 2. The molecule has 1 aromatic heterocycles. The lowest BCUT2D eigenvalue weighted by molar-refractivity contribution is -0.116. The summed E-state index contributed by atoms with van der Waals surface area (Å²) < 4.78 is 17.7. The van der Waals surface area contributed by atoms with E-state index in [1.165, 1.54) is 6.08 Å². The highest BCUT2D eigenvalue weighted by Crippen LogP contribution is 2.40. The summed E-state index contributed by atoms with van der Waals surface area (Å²) in [5.41, 5.74) is 1.81. The van der Waals surface area contributed by atoms with E-state index in [1.807, 2.05) is 30.3 Å². The van der Waals surface area contributed by atoms with E-state index in [2.05, 4.69) is 16.4 Å². The van der Waals surface area contributed by atoms with Crippen molar-refractivity contribution in [2.75, 3.05) is 26.9 Å². The molecule has 0 atom stereocenters. The van der Waals surface area contributed by atoms with Crippen LogP contribution in [0.2, 0.25) is 0 Å². The standard InChI is InChI=1S/C21H20N2O4S/c1-25-16-12-14(13-17-21(16)27-11-10-26-17)6-7-19(24)22-9-8-20-23-15-4-2-3-5-18(15)28-20/h2-7,12-13H,8-11H2,1H3,(H,22,24)/b7-6+. The van der Waals surface area contributed by atoms with Gasteiger partial charge in [-0.2, -0.15) is 0 Å². The van der Waals surface area contributed by atoms with Gasteiger partial charge in [-0.15, -0.1) is 11.3 Å². The van der Waals surface area contributed by atoms with Crippen LogP contribution in [0.3, 0.4) is 0 Å². The van der Waals surface area contributed by atoms with Gasteiger partial charge in [-0.1, -0.05) is 12.1 Å². The minimum Gasteiger partial charge on any atom is -0.493 e. The van der Waals surface area contributed by atoms with Crippen LogP contribution in [0.4, 0.5) is 0 Å². The predicted octanol–water partition coefficient (Wildman–Crippen LogP) is 3.45. The van der Waals surface area contributed by atoms with Gasteiger partial charge in [0.15, 0.2) is 11.5 Å².